The Morgan fingerprint density at radius 1 is 1.56 bits per heavy atom. The molecule has 0 atom stereocenters. The van der Waals surface area contributed by atoms with Gasteiger partial charge in [0.2, 0.25) is 15.7 Å². The summed E-state index contributed by atoms with van der Waals surface area (Å²) < 4.78 is 52.2. The van der Waals surface area contributed by atoms with Crippen LogP contribution in [0.25, 0.3) is 0 Å². The van der Waals surface area contributed by atoms with Gasteiger partial charge in [-0.3, -0.25) is 0 Å². The first-order chi connectivity index (χ1) is 8.18. The van der Waals surface area contributed by atoms with E-state index in [4.69, 9.17) is 5.14 Å². The van der Waals surface area contributed by atoms with Crippen LogP contribution in [0.2, 0.25) is 0 Å². The van der Waals surface area contributed by atoms with E-state index in [1.807, 2.05) is 0 Å². The number of ether oxygens (including phenoxy) is 1. The van der Waals surface area contributed by atoms with Crippen LogP contribution in [0, 0.1) is 10.1 Å². The Balaban J connectivity index is 3.73. The van der Waals surface area contributed by atoms with Crippen LogP contribution in [0.5, 0.6) is 5.75 Å². The molecule has 0 amide bonds. The number of aromatic nitrogens is 1. The van der Waals surface area contributed by atoms with Crippen molar-refractivity contribution in [1.82, 2.24) is 4.98 Å². The average molecular weight is 283 g/mol. The summed E-state index contributed by atoms with van der Waals surface area (Å²) in [5.41, 5.74) is -1.32. The average Bonchev–Trinajstić information content (AvgIpc) is 2.25. The number of hydrogen-bond acceptors (Lipinski definition) is 6. The summed E-state index contributed by atoms with van der Waals surface area (Å²) in [5.74, 6) is -1.62. The molecular weight excluding hydrogens is 276 g/mol. The van der Waals surface area contributed by atoms with Crippen molar-refractivity contribution in [3.63, 3.8) is 0 Å². The van der Waals surface area contributed by atoms with E-state index < -0.39 is 43.5 Å². The van der Waals surface area contributed by atoms with E-state index in [9.17, 15) is 27.3 Å². The first-order valence-corrected chi connectivity index (χ1v) is 5.77. The normalized spacial score (nSPS) is 11.6. The number of primary sulfonamides is 1. The number of pyridine rings is 1. The highest BCUT2D eigenvalue weighted by atomic mass is 32.2. The van der Waals surface area contributed by atoms with Crippen molar-refractivity contribution >= 4 is 15.8 Å². The summed E-state index contributed by atoms with van der Waals surface area (Å²) in [5, 5.41) is 15.2. The lowest BCUT2D eigenvalue weighted by Crippen LogP contribution is -2.17. The van der Waals surface area contributed by atoms with Crippen LogP contribution >= 0.6 is 0 Å². The molecule has 0 saturated carbocycles. The maximum absolute atomic E-state index is 12.7. The molecule has 0 aromatic carbocycles. The predicted octanol–water partition coefficient (Wildman–Crippen LogP) is 0.583. The highest BCUT2D eigenvalue weighted by molar-refractivity contribution is 7.89. The zero-order chi connectivity index (χ0) is 14.1. The third-order valence-electron chi connectivity index (χ3n) is 1.85. The molecule has 11 heteroatoms. The molecule has 1 aromatic rings. The smallest absolute Gasteiger partial charge is 0.367 e. The Labute approximate surface area is 99.6 Å². The molecule has 1 heterocycles. The number of alkyl halides is 2. The molecule has 0 aliphatic heterocycles. The standard InChI is InChI=1S/C7H7F2N3O5S/c1-17-3-2-4(12(13)14)11-5(7(8)9)6(3)18(10,15)16/h2,7H,1H3,(H2,10,15,16). The monoisotopic (exact) mass is 283 g/mol. The highest BCUT2D eigenvalue weighted by Gasteiger charge is 2.33. The van der Waals surface area contributed by atoms with Crippen LogP contribution in [0.1, 0.15) is 12.1 Å². The summed E-state index contributed by atoms with van der Waals surface area (Å²) in [6, 6.07) is 0.603. The number of methoxy groups -OCH3 is 1. The molecule has 1 aromatic heterocycles. The lowest BCUT2D eigenvalue weighted by Gasteiger charge is -2.08. The van der Waals surface area contributed by atoms with Crippen LogP contribution in [0.4, 0.5) is 14.6 Å². The van der Waals surface area contributed by atoms with E-state index in [1.54, 1.807) is 0 Å². The minimum atomic E-state index is -4.55. The molecule has 0 bridgehead atoms. The van der Waals surface area contributed by atoms with Crippen molar-refractivity contribution in [2.45, 2.75) is 11.3 Å². The second kappa shape index (κ2) is 4.78. The molecule has 0 radical (unpaired) electrons. The van der Waals surface area contributed by atoms with Gasteiger partial charge in [-0.2, -0.15) is 0 Å². The fourth-order valence-electron chi connectivity index (χ4n) is 1.19. The number of halogens is 2. The molecular formula is C7H7F2N3O5S. The van der Waals surface area contributed by atoms with E-state index in [2.05, 4.69) is 9.72 Å². The Morgan fingerprint density at radius 2 is 2.11 bits per heavy atom. The zero-order valence-electron chi connectivity index (χ0n) is 8.83. The summed E-state index contributed by atoms with van der Waals surface area (Å²) >= 11 is 0. The molecule has 8 nitrogen and oxygen atoms in total. The maximum atomic E-state index is 12.7. The predicted molar refractivity (Wildman–Crippen MR) is 53.8 cm³/mol. The fourth-order valence-corrected chi connectivity index (χ4v) is 2.04. The number of rotatable bonds is 4. The van der Waals surface area contributed by atoms with Crippen molar-refractivity contribution in [2.24, 2.45) is 5.14 Å². The Bertz CT molecular complexity index is 589. The van der Waals surface area contributed by atoms with Crippen molar-refractivity contribution in [1.29, 1.82) is 0 Å². The second-order valence-electron chi connectivity index (χ2n) is 3.00. The second-order valence-corrected chi connectivity index (χ2v) is 4.50. The van der Waals surface area contributed by atoms with E-state index in [0.29, 0.717) is 6.07 Å². The molecule has 18 heavy (non-hydrogen) atoms. The molecule has 0 aliphatic rings. The van der Waals surface area contributed by atoms with E-state index >= 15 is 0 Å². The van der Waals surface area contributed by atoms with Gasteiger partial charge in [0, 0.05) is 0 Å². The lowest BCUT2D eigenvalue weighted by atomic mass is 10.3. The third kappa shape index (κ3) is 2.68. The summed E-state index contributed by atoms with van der Waals surface area (Å²) in [6.07, 6.45) is -3.35. The molecule has 0 unspecified atom stereocenters. The van der Waals surface area contributed by atoms with Crippen LogP contribution in [-0.4, -0.2) is 25.4 Å². The van der Waals surface area contributed by atoms with Crippen molar-refractivity contribution < 1.29 is 26.9 Å². The van der Waals surface area contributed by atoms with Gasteiger partial charge in [0.05, 0.1) is 13.2 Å². The molecule has 0 saturated heterocycles. The van der Waals surface area contributed by atoms with Gasteiger partial charge < -0.3 is 14.9 Å². The Kier molecular flexibility index (Phi) is 3.76. The first kappa shape index (κ1) is 14.2. The summed E-state index contributed by atoms with van der Waals surface area (Å²) in [4.78, 5) is 11.3. The largest absolute Gasteiger partial charge is 0.495 e. The molecule has 0 fully saturated rings. The number of nitrogens with two attached hydrogens (primary N) is 1. The van der Waals surface area contributed by atoms with Gasteiger partial charge in [-0.1, -0.05) is 0 Å². The van der Waals surface area contributed by atoms with E-state index in [0.717, 1.165) is 7.11 Å². The SMILES string of the molecule is COc1cc([N+](=O)[O-])nc(C(F)F)c1S(N)(=O)=O. The van der Waals surface area contributed by atoms with Gasteiger partial charge in [-0.05, 0) is 9.91 Å². The van der Waals surface area contributed by atoms with Gasteiger partial charge in [0.25, 0.3) is 0 Å². The van der Waals surface area contributed by atoms with Crippen LogP contribution in [0.3, 0.4) is 0 Å². The number of hydrogen-bond donors (Lipinski definition) is 1. The van der Waals surface area contributed by atoms with Gasteiger partial charge >= 0.3 is 12.2 Å². The van der Waals surface area contributed by atoms with Gasteiger partial charge in [-0.15, -0.1) is 0 Å². The van der Waals surface area contributed by atoms with Crippen LogP contribution < -0.4 is 9.88 Å². The van der Waals surface area contributed by atoms with Crippen molar-refractivity contribution in [3.8, 4) is 5.75 Å². The maximum Gasteiger partial charge on any atom is 0.367 e. The summed E-state index contributed by atoms with van der Waals surface area (Å²) in [6.45, 7) is 0. The van der Waals surface area contributed by atoms with Crippen molar-refractivity contribution in [2.75, 3.05) is 7.11 Å². The first-order valence-electron chi connectivity index (χ1n) is 4.22. The van der Waals surface area contributed by atoms with Gasteiger partial charge in [0.15, 0.2) is 10.6 Å². The van der Waals surface area contributed by atoms with Gasteiger partial charge in [-0.25, -0.2) is 22.3 Å². The zero-order valence-corrected chi connectivity index (χ0v) is 9.65. The minimum Gasteiger partial charge on any atom is -0.495 e. The Morgan fingerprint density at radius 3 is 2.44 bits per heavy atom. The number of sulfonamides is 1. The van der Waals surface area contributed by atoms with Gasteiger partial charge in [0.1, 0.15) is 0 Å². The Hall–Kier alpha value is -1.88. The van der Waals surface area contributed by atoms with Crippen LogP contribution in [0.15, 0.2) is 11.0 Å². The molecule has 2 N–H and O–H groups in total. The topological polar surface area (TPSA) is 125 Å². The minimum absolute atomic E-state index is 0.603. The number of nitro groups is 1. The van der Waals surface area contributed by atoms with E-state index in [-0.39, 0.29) is 0 Å². The lowest BCUT2D eigenvalue weighted by molar-refractivity contribution is -0.389. The molecule has 100 valence electrons. The highest BCUT2D eigenvalue weighted by Crippen LogP contribution is 2.34. The molecule has 1 rings (SSSR count). The molecule has 0 spiro atoms. The summed E-state index contributed by atoms with van der Waals surface area (Å²) in [7, 11) is -3.59. The quantitative estimate of drug-likeness (QED) is 0.636. The van der Waals surface area contributed by atoms with E-state index in [1.165, 1.54) is 0 Å². The number of nitrogens with zero attached hydrogens (tertiary/aromatic N) is 2. The third-order valence-corrected chi connectivity index (χ3v) is 2.83. The fraction of sp³-hybridized carbons (Fsp3) is 0.286. The van der Waals surface area contributed by atoms with Crippen LogP contribution in [-0.2, 0) is 10.0 Å². The van der Waals surface area contributed by atoms with Crippen molar-refractivity contribution in [3.05, 3.63) is 21.9 Å². The molecule has 0 aliphatic carbocycles.